The number of carbonyl (C=O) groups excluding carboxylic acids is 1. The Balaban J connectivity index is 0.00000243. The number of nitrogens with zero attached hydrogens (tertiary/aromatic N) is 2. The van der Waals surface area contributed by atoms with Crippen LogP contribution in [0.1, 0.15) is 18.5 Å². The molecule has 1 aromatic heterocycles. The lowest BCUT2D eigenvalue weighted by atomic mass is 10.2. The maximum atomic E-state index is 12.7. The number of aromatic nitrogens is 2. The molecule has 1 atom stereocenters. The second kappa shape index (κ2) is 9.02. The molecule has 0 aliphatic carbocycles. The van der Waals surface area contributed by atoms with Crippen LogP contribution in [0.15, 0.2) is 35.1 Å². The number of rotatable bonds is 6. The third kappa shape index (κ3) is 4.35. The molecule has 2 heterocycles. The molecule has 0 radical (unpaired) electrons. The molecule has 1 aliphatic rings. The van der Waals surface area contributed by atoms with Crippen LogP contribution in [0.5, 0.6) is 0 Å². The number of hydrogen-bond donors (Lipinski definition) is 2. The average Bonchev–Trinajstić information content (AvgIpc) is 3.19. The Morgan fingerprint density at radius 1 is 1.31 bits per heavy atom. The number of carbonyl (C=O) groups is 1. The summed E-state index contributed by atoms with van der Waals surface area (Å²) in [7, 11) is 1.80. The summed E-state index contributed by atoms with van der Waals surface area (Å²) in [4.78, 5) is 24.9. The van der Waals surface area contributed by atoms with E-state index in [2.05, 4.69) is 10.6 Å². The van der Waals surface area contributed by atoms with Gasteiger partial charge in [-0.15, -0.1) is 12.4 Å². The third-order valence-electron chi connectivity index (χ3n) is 4.50. The first-order valence-electron chi connectivity index (χ1n) is 8.54. The summed E-state index contributed by atoms with van der Waals surface area (Å²) in [6.07, 6.45) is 2.27. The van der Waals surface area contributed by atoms with Crippen LogP contribution in [0.25, 0.3) is 5.69 Å². The molecule has 1 aromatic carbocycles. The fraction of sp³-hybridized carbons (Fsp3) is 0.444. The van der Waals surface area contributed by atoms with Crippen molar-refractivity contribution in [2.24, 2.45) is 7.05 Å². The zero-order valence-electron chi connectivity index (χ0n) is 15.0. The van der Waals surface area contributed by atoms with Gasteiger partial charge in [-0.2, -0.15) is 0 Å². The van der Waals surface area contributed by atoms with Gasteiger partial charge >= 0.3 is 0 Å². The van der Waals surface area contributed by atoms with E-state index in [1.165, 1.54) is 0 Å². The standard InChI is InChI=1S/C18H24N4O3.ClH/c1-13-17(20-16(23)12-19-11-15-9-6-10-25-15)18(24)22(21(13)2)14-7-4-3-5-8-14;/h3-5,7-8,15,19H,6,9-12H2,1-2H3,(H,20,23);1H. The lowest BCUT2D eigenvalue weighted by Crippen LogP contribution is -2.34. The Bertz CT molecular complexity index is 795. The van der Waals surface area contributed by atoms with Gasteiger partial charge in [-0.25, -0.2) is 4.68 Å². The smallest absolute Gasteiger partial charge is 0.295 e. The maximum Gasteiger partial charge on any atom is 0.295 e. The SMILES string of the molecule is Cc1c(NC(=O)CNCC2CCCO2)c(=O)n(-c2ccccc2)n1C.Cl. The van der Waals surface area contributed by atoms with Gasteiger partial charge in [-0.05, 0) is 31.9 Å². The number of benzene rings is 1. The van der Waals surface area contributed by atoms with Gasteiger partial charge in [-0.1, -0.05) is 18.2 Å². The van der Waals surface area contributed by atoms with Gasteiger partial charge in [0.1, 0.15) is 5.69 Å². The van der Waals surface area contributed by atoms with Gasteiger partial charge in [0.05, 0.1) is 24.0 Å². The largest absolute Gasteiger partial charge is 0.377 e. The van der Waals surface area contributed by atoms with Crippen molar-refractivity contribution in [2.75, 3.05) is 25.0 Å². The van der Waals surface area contributed by atoms with Gasteiger partial charge in [0.2, 0.25) is 5.91 Å². The van der Waals surface area contributed by atoms with Gasteiger partial charge in [0.15, 0.2) is 0 Å². The topological polar surface area (TPSA) is 77.3 Å². The monoisotopic (exact) mass is 380 g/mol. The molecule has 1 amide bonds. The van der Waals surface area contributed by atoms with Crippen LogP contribution in [0.4, 0.5) is 5.69 Å². The first-order chi connectivity index (χ1) is 12.1. The van der Waals surface area contributed by atoms with Crippen molar-refractivity contribution in [2.45, 2.75) is 25.9 Å². The quantitative estimate of drug-likeness (QED) is 0.798. The highest BCUT2D eigenvalue weighted by Crippen LogP contribution is 2.14. The molecular weight excluding hydrogens is 356 g/mol. The average molecular weight is 381 g/mol. The van der Waals surface area contributed by atoms with E-state index in [9.17, 15) is 9.59 Å². The summed E-state index contributed by atoms with van der Waals surface area (Å²) in [6, 6.07) is 9.35. The van der Waals surface area contributed by atoms with Crippen molar-refractivity contribution in [1.82, 2.24) is 14.7 Å². The lowest BCUT2D eigenvalue weighted by molar-refractivity contribution is -0.115. The van der Waals surface area contributed by atoms with Gasteiger partial charge in [0, 0.05) is 20.2 Å². The van der Waals surface area contributed by atoms with E-state index < -0.39 is 0 Å². The first kappa shape index (κ1) is 20.2. The molecule has 2 N–H and O–H groups in total. The van der Waals surface area contributed by atoms with Crippen molar-refractivity contribution in [1.29, 1.82) is 0 Å². The van der Waals surface area contributed by atoms with E-state index in [1.807, 2.05) is 37.3 Å². The van der Waals surface area contributed by atoms with Crippen molar-refractivity contribution in [3.05, 3.63) is 46.4 Å². The number of para-hydroxylation sites is 1. The number of amides is 1. The van der Waals surface area contributed by atoms with Crippen molar-refractivity contribution in [3.8, 4) is 5.69 Å². The molecule has 7 nitrogen and oxygen atoms in total. The molecule has 1 saturated heterocycles. The summed E-state index contributed by atoms with van der Waals surface area (Å²) in [5.41, 5.74) is 1.55. The fourth-order valence-electron chi connectivity index (χ4n) is 3.05. The summed E-state index contributed by atoms with van der Waals surface area (Å²) in [5.74, 6) is -0.232. The molecule has 2 aromatic rings. The van der Waals surface area contributed by atoms with Crippen molar-refractivity contribution < 1.29 is 9.53 Å². The number of halogens is 1. The highest BCUT2D eigenvalue weighted by Gasteiger charge is 2.19. The minimum Gasteiger partial charge on any atom is -0.377 e. The van der Waals surface area contributed by atoms with Crippen LogP contribution >= 0.6 is 12.4 Å². The summed E-state index contributed by atoms with van der Waals surface area (Å²) in [5, 5.41) is 5.83. The molecule has 1 aliphatic heterocycles. The molecule has 0 bridgehead atoms. The van der Waals surface area contributed by atoms with E-state index in [4.69, 9.17) is 4.74 Å². The molecule has 8 heteroatoms. The molecule has 3 rings (SSSR count). The van der Waals surface area contributed by atoms with E-state index in [1.54, 1.807) is 16.4 Å². The fourth-order valence-corrected chi connectivity index (χ4v) is 3.05. The van der Waals surface area contributed by atoms with Gasteiger partial charge in [-0.3, -0.25) is 14.3 Å². The second-order valence-corrected chi connectivity index (χ2v) is 6.25. The van der Waals surface area contributed by atoms with E-state index in [-0.39, 0.29) is 36.5 Å². The summed E-state index contributed by atoms with van der Waals surface area (Å²) < 4.78 is 8.80. The van der Waals surface area contributed by atoms with Crippen molar-refractivity contribution in [3.63, 3.8) is 0 Å². The number of anilines is 1. The normalized spacial score (nSPS) is 16.3. The first-order valence-corrected chi connectivity index (χ1v) is 8.54. The van der Waals surface area contributed by atoms with E-state index in [0.29, 0.717) is 17.9 Å². The van der Waals surface area contributed by atoms with Crippen molar-refractivity contribution >= 4 is 24.0 Å². The Morgan fingerprint density at radius 2 is 2.04 bits per heavy atom. The summed E-state index contributed by atoms with van der Waals surface area (Å²) in [6.45, 7) is 3.41. The molecule has 1 unspecified atom stereocenters. The van der Waals surface area contributed by atoms with Crippen LogP contribution in [-0.2, 0) is 16.6 Å². The second-order valence-electron chi connectivity index (χ2n) is 6.25. The number of ether oxygens (including phenoxy) is 1. The van der Waals surface area contributed by atoms with E-state index in [0.717, 1.165) is 25.1 Å². The third-order valence-corrected chi connectivity index (χ3v) is 4.50. The molecule has 0 spiro atoms. The van der Waals surface area contributed by atoms with Crippen LogP contribution in [-0.4, -0.2) is 41.1 Å². The molecule has 0 saturated carbocycles. The molecule has 26 heavy (non-hydrogen) atoms. The van der Waals surface area contributed by atoms with Crippen LogP contribution < -0.4 is 16.2 Å². The summed E-state index contributed by atoms with van der Waals surface area (Å²) >= 11 is 0. The molecular formula is C18H25ClN4O3. The minimum absolute atomic E-state index is 0. The van der Waals surface area contributed by atoms with Crippen LogP contribution in [0, 0.1) is 6.92 Å². The number of hydrogen-bond acceptors (Lipinski definition) is 4. The Labute approximate surface area is 158 Å². The molecule has 142 valence electrons. The Hall–Kier alpha value is -2.09. The predicted molar refractivity (Wildman–Crippen MR) is 103 cm³/mol. The highest BCUT2D eigenvalue weighted by atomic mass is 35.5. The van der Waals surface area contributed by atoms with Crippen LogP contribution in [0.2, 0.25) is 0 Å². The zero-order valence-corrected chi connectivity index (χ0v) is 15.8. The van der Waals surface area contributed by atoms with E-state index >= 15 is 0 Å². The highest BCUT2D eigenvalue weighted by molar-refractivity contribution is 5.92. The maximum absolute atomic E-state index is 12.7. The predicted octanol–water partition coefficient (Wildman–Crippen LogP) is 1.61. The van der Waals surface area contributed by atoms with Gasteiger partial charge in [0.25, 0.3) is 5.56 Å². The number of nitrogens with one attached hydrogen (secondary N) is 2. The van der Waals surface area contributed by atoms with Gasteiger partial charge < -0.3 is 15.4 Å². The van der Waals surface area contributed by atoms with Crippen LogP contribution in [0.3, 0.4) is 0 Å². The molecule has 1 fully saturated rings. The Morgan fingerprint density at radius 3 is 2.69 bits per heavy atom. The zero-order chi connectivity index (χ0) is 17.8. The lowest BCUT2D eigenvalue weighted by Gasteiger charge is -2.10. The minimum atomic E-state index is -0.237. The Kier molecular flexibility index (Phi) is 7.02.